The van der Waals surface area contributed by atoms with Crippen LogP contribution in [0.3, 0.4) is 0 Å². The topological polar surface area (TPSA) is 57.5 Å². The Balaban J connectivity index is 1.67. The maximum Gasteiger partial charge on any atom is 0.141 e. The van der Waals surface area contributed by atoms with Gasteiger partial charge < -0.3 is 19.7 Å². The molecule has 2 aromatic rings. The van der Waals surface area contributed by atoms with Gasteiger partial charge in [-0.2, -0.15) is 5.26 Å². The van der Waals surface area contributed by atoms with E-state index >= 15 is 0 Å². The minimum absolute atomic E-state index is 0.0666. The Hall–Kier alpha value is -2.46. The van der Waals surface area contributed by atoms with E-state index in [0.717, 1.165) is 74.4 Å². The van der Waals surface area contributed by atoms with Gasteiger partial charge in [-0.05, 0) is 61.6 Å². The van der Waals surface area contributed by atoms with Crippen molar-refractivity contribution in [3.05, 3.63) is 53.3 Å². The van der Waals surface area contributed by atoms with E-state index in [4.69, 9.17) is 14.7 Å². The average Bonchev–Trinajstić information content (AvgIpc) is 2.80. The van der Waals surface area contributed by atoms with Crippen LogP contribution >= 0.6 is 0 Å². The summed E-state index contributed by atoms with van der Waals surface area (Å²) in [6, 6.07) is 13.2. The van der Waals surface area contributed by atoms with Gasteiger partial charge in [-0.15, -0.1) is 0 Å². The largest absolute Gasteiger partial charge is 0.378 e. The molecule has 31 heavy (non-hydrogen) atoms. The number of hydrogen-bond acceptors (Lipinski definition) is 5. The predicted molar refractivity (Wildman–Crippen MR) is 120 cm³/mol. The molecule has 1 atom stereocenters. The first-order valence-corrected chi connectivity index (χ1v) is 11.0. The summed E-state index contributed by atoms with van der Waals surface area (Å²) in [5.41, 5.74) is 4.01. The third kappa shape index (κ3) is 4.90. The van der Waals surface area contributed by atoms with Crippen molar-refractivity contribution in [3.8, 4) is 17.2 Å². The number of nitrogens with zero attached hydrogens (tertiary/aromatic N) is 2. The minimum Gasteiger partial charge on any atom is -0.378 e. The van der Waals surface area contributed by atoms with Crippen molar-refractivity contribution in [2.24, 2.45) is 0 Å². The molecule has 0 radical (unpaired) electrons. The van der Waals surface area contributed by atoms with E-state index in [2.05, 4.69) is 35.3 Å². The first kappa shape index (κ1) is 21.8. The molecule has 2 fully saturated rings. The monoisotopic (exact) mass is 423 g/mol. The van der Waals surface area contributed by atoms with Gasteiger partial charge in [0.25, 0.3) is 0 Å². The van der Waals surface area contributed by atoms with E-state index in [1.165, 1.54) is 6.07 Å². The second kappa shape index (κ2) is 9.35. The van der Waals surface area contributed by atoms with Crippen LogP contribution in [0.4, 0.5) is 10.1 Å². The third-order valence-corrected chi connectivity index (χ3v) is 6.58. The highest BCUT2D eigenvalue weighted by Crippen LogP contribution is 2.36. The fourth-order valence-corrected chi connectivity index (χ4v) is 4.43. The van der Waals surface area contributed by atoms with Crippen molar-refractivity contribution in [2.45, 2.75) is 37.9 Å². The van der Waals surface area contributed by atoms with Crippen LogP contribution in [0, 0.1) is 17.1 Å². The normalized spacial score (nSPS) is 21.0. The Morgan fingerprint density at radius 2 is 2.06 bits per heavy atom. The number of hydrogen-bond donors (Lipinski definition) is 1. The van der Waals surface area contributed by atoms with Crippen molar-refractivity contribution < 1.29 is 13.9 Å². The van der Waals surface area contributed by atoms with Gasteiger partial charge in [-0.25, -0.2) is 4.39 Å². The van der Waals surface area contributed by atoms with Crippen LogP contribution in [0.15, 0.2) is 36.4 Å². The second-order valence-corrected chi connectivity index (χ2v) is 8.70. The van der Waals surface area contributed by atoms with Crippen molar-refractivity contribution in [3.63, 3.8) is 0 Å². The minimum atomic E-state index is -0.484. The Bertz CT molecular complexity index is 958. The molecule has 2 heterocycles. The van der Waals surface area contributed by atoms with Crippen LogP contribution in [0.25, 0.3) is 11.1 Å². The molecule has 0 aromatic heterocycles. The summed E-state index contributed by atoms with van der Waals surface area (Å²) in [4.78, 5) is 2.36. The lowest BCUT2D eigenvalue weighted by Crippen LogP contribution is -2.43. The molecule has 164 valence electrons. The number of morpholine rings is 1. The summed E-state index contributed by atoms with van der Waals surface area (Å²) >= 11 is 0. The highest BCUT2D eigenvalue weighted by Gasteiger charge is 2.30. The summed E-state index contributed by atoms with van der Waals surface area (Å²) in [5.74, 6) is -0.484. The maximum absolute atomic E-state index is 14.4. The molecule has 2 aromatic carbocycles. The first-order valence-electron chi connectivity index (χ1n) is 11.0. The number of halogens is 1. The molecule has 0 amide bonds. The number of nitrogens with one attached hydrogen (secondary N) is 1. The van der Waals surface area contributed by atoms with Gasteiger partial charge in [0.1, 0.15) is 11.9 Å². The number of nitriles is 1. The smallest absolute Gasteiger partial charge is 0.141 e. The molecule has 6 heteroatoms. The summed E-state index contributed by atoms with van der Waals surface area (Å²) in [6.07, 6.45) is 2.82. The van der Waals surface area contributed by atoms with Gasteiger partial charge in [0, 0.05) is 44.5 Å². The molecule has 0 spiro atoms. The van der Waals surface area contributed by atoms with Crippen LogP contribution in [0.2, 0.25) is 0 Å². The summed E-state index contributed by atoms with van der Waals surface area (Å²) in [6.45, 7) is 6.37. The van der Waals surface area contributed by atoms with Gasteiger partial charge in [0.05, 0.1) is 23.9 Å². The van der Waals surface area contributed by atoms with Crippen LogP contribution in [0.1, 0.15) is 30.9 Å². The lowest BCUT2D eigenvalue weighted by molar-refractivity contribution is -0.0132. The molecule has 5 nitrogen and oxygen atoms in total. The van der Waals surface area contributed by atoms with Gasteiger partial charge >= 0.3 is 0 Å². The van der Waals surface area contributed by atoms with Crippen molar-refractivity contribution in [1.82, 2.24) is 5.32 Å². The molecular formula is C25H30FN3O2. The predicted octanol–water partition coefficient (Wildman–Crippen LogP) is 3.90. The van der Waals surface area contributed by atoms with Crippen molar-refractivity contribution >= 4 is 5.69 Å². The lowest BCUT2D eigenvalue weighted by Gasteiger charge is -2.40. The number of piperidine rings is 1. The molecule has 0 bridgehead atoms. The molecule has 2 saturated heterocycles. The number of methoxy groups -OCH3 is 1. The van der Waals surface area contributed by atoms with Crippen molar-refractivity contribution in [2.75, 3.05) is 44.8 Å². The fraction of sp³-hybridized carbons (Fsp3) is 0.480. The first-order chi connectivity index (χ1) is 15.0. The molecule has 0 aliphatic carbocycles. The van der Waals surface area contributed by atoms with Gasteiger partial charge in [0.2, 0.25) is 0 Å². The van der Waals surface area contributed by atoms with E-state index in [-0.39, 0.29) is 17.3 Å². The molecule has 4 rings (SSSR count). The van der Waals surface area contributed by atoms with Crippen LogP contribution in [-0.4, -0.2) is 51.6 Å². The van der Waals surface area contributed by atoms with Gasteiger partial charge in [-0.1, -0.05) is 12.1 Å². The molecule has 0 saturated carbocycles. The van der Waals surface area contributed by atoms with E-state index in [9.17, 15) is 4.39 Å². The molecule has 1 unspecified atom stereocenters. The Morgan fingerprint density at radius 3 is 2.71 bits per heavy atom. The Morgan fingerprint density at radius 1 is 1.26 bits per heavy atom. The zero-order chi connectivity index (χ0) is 21.8. The summed E-state index contributed by atoms with van der Waals surface area (Å²) in [5, 5.41) is 12.5. The molecule has 2 aliphatic heterocycles. The van der Waals surface area contributed by atoms with E-state index < -0.39 is 5.82 Å². The number of anilines is 1. The zero-order valence-electron chi connectivity index (χ0n) is 18.3. The highest BCUT2D eigenvalue weighted by atomic mass is 19.1. The zero-order valence-corrected chi connectivity index (χ0v) is 18.3. The van der Waals surface area contributed by atoms with Crippen molar-refractivity contribution in [1.29, 1.82) is 5.26 Å². The number of ether oxygens (including phenoxy) is 2. The van der Waals surface area contributed by atoms with Crippen LogP contribution in [0.5, 0.6) is 0 Å². The van der Waals surface area contributed by atoms with E-state index in [0.29, 0.717) is 0 Å². The highest BCUT2D eigenvalue weighted by molar-refractivity contribution is 5.80. The molecule has 2 aliphatic rings. The molecule has 1 N–H and O–H groups in total. The molecular weight excluding hydrogens is 393 g/mol. The van der Waals surface area contributed by atoms with Gasteiger partial charge in [0.15, 0.2) is 0 Å². The Labute approximate surface area is 183 Å². The second-order valence-electron chi connectivity index (χ2n) is 8.70. The van der Waals surface area contributed by atoms with E-state index in [1.54, 1.807) is 13.2 Å². The number of benzene rings is 2. The number of rotatable bonds is 5. The Kier molecular flexibility index (Phi) is 6.57. The third-order valence-electron chi connectivity index (χ3n) is 6.58. The van der Waals surface area contributed by atoms with E-state index in [1.807, 2.05) is 12.1 Å². The lowest BCUT2D eigenvalue weighted by atomic mass is 9.91. The van der Waals surface area contributed by atoms with Crippen LogP contribution < -0.4 is 10.2 Å². The van der Waals surface area contributed by atoms with Gasteiger partial charge in [-0.3, -0.25) is 0 Å². The summed E-state index contributed by atoms with van der Waals surface area (Å²) < 4.78 is 26.0. The van der Waals surface area contributed by atoms with Crippen LogP contribution in [-0.2, 0) is 15.9 Å². The summed E-state index contributed by atoms with van der Waals surface area (Å²) in [7, 11) is 1.78. The standard InChI is InChI=1S/C25H30FN3O2/c1-25(30-2)7-10-29(11-8-25)24-6-3-18(13-21-17-28-9-12-31-21)14-22(24)19-4-5-20(16-27)23(26)15-19/h3-6,14-15,21,28H,7-13,17H2,1-2H3. The maximum atomic E-state index is 14.4. The average molecular weight is 424 g/mol. The fourth-order valence-electron chi connectivity index (χ4n) is 4.43. The SMILES string of the molecule is COC1(C)CCN(c2ccc(CC3CNCCO3)cc2-c2ccc(C#N)c(F)c2)CC1. The quantitative estimate of drug-likeness (QED) is 0.791.